The van der Waals surface area contributed by atoms with Gasteiger partial charge in [-0.1, -0.05) is 0 Å². The highest BCUT2D eigenvalue weighted by Gasteiger charge is 2.16. The van der Waals surface area contributed by atoms with Crippen LogP contribution in [0, 0.1) is 19.7 Å². The molecule has 0 aliphatic heterocycles. The number of anilines is 1. The van der Waals surface area contributed by atoms with Crippen molar-refractivity contribution < 1.29 is 13.9 Å². The van der Waals surface area contributed by atoms with Crippen molar-refractivity contribution in [1.29, 1.82) is 0 Å². The van der Waals surface area contributed by atoms with E-state index < -0.39 is 5.82 Å². The Morgan fingerprint density at radius 1 is 1.45 bits per heavy atom. The Balaban J connectivity index is 2.18. The topological polar surface area (TPSA) is 67.0 Å². The first-order chi connectivity index (χ1) is 9.52. The van der Waals surface area contributed by atoms with Gasteiger partial charge in [0.15, 0.2) is 11.6 Å². The molecule has 2 rings (SSSR count). The summed E-state index contributed by atoms with van der Waals surface area (Å²) in [6, 6.07) is 4.31. The lowest BCUT2D eigenvalue weighted by molar-refractivity contribution is 0.102. The SMILES string of the molecule is CCOc1ccc(NC(=O)c2c(C)n[nH]c2C)cc1F. The van der Waals surface area contributed by atoms with Gasteiger partial charge in [-0.25, -0.2) is 4.39 Å². The van der Waals surface area contributed by atoms with E-state index in [1.807, 2.05) is 0 Å². The predicted octanol–water partition coefficient (Wildman–Crippen LogP) is 2.82. The fourth-order valence-corrected chi connectivity index (χ4v) is 1.93. The molecule has 0 aliphatic rings. The molecule has 0 bridgehead atoms. The minimum absolute atomic E-state index is 0.168. The molecule has 1 amide bonds. The summed E-state index contributed by atoms with van der Waals surface area (Å²) in [6.45, 7) is 5.65. The number of benzene rings is 1. The average molecular weight is 277 g/mol. The zero-order chi connectivity index (χ0) is 14.7. The first kappa shape index (κ1) is 14.0. The molecule has 6 heteroatoms. The second kappa shape index (κ2) is 5.73. The van der Waals surface area contributed by atoms with Gasteiger partial charge in [0.1, 0.15) is 0 Å². The fraction of sp³-hybridized carbons (Fsp3) is 0.286. The number of halogens is 1. The summed E-state index contributed by atoms with van der Waals surface area (Å²) in [5.74, 6) is -0.663. The van der Waals surface area contributed by atoms with Crippen LogP contribution >= 0.6 is 0 Å². The van der Waals surface area contributed by atoms with Crippen LogP contribution in [0.15, 0.2) is 18.2 Å². The second-order valence-electron chi connectivity index (χ2n) is 4.34. The zero-order valence-electron chi connectivity index (χ0n) is 11.6. The quantitative estimate of drug-likeness (QED) is 0.903. The van der Waals surface area contributed by atoms with Crippen molar-refractivity contribution in [2.24, 2.45) is 0 Å². The van der Waals surface area contributed by atoms with Crippen LogP contribution < -0.4 is 10.1 Å². The lowest BCUT2D eigenvalue weighted by Gasteiger charge is -2.08. The smallest absolute Gasteiger partial charge is 0.259 e. The van der Waals surface area contributed by atoms with Gasteiger partial charge in [0.05, 0.1) is 17.9 Å². The normalized spacial score (nSPS) is 10.4. The number of carbonyl (C=O) groups is 1. The highest BCUT2D eigenvalue weighted by atomic mass is 19.1. The Hall–Kier alpha value is -2.37. The van der Waals surface area contributed by atoms with E-state index in [0.29, 0.717) is 29.2 Å². The molecular formula is C14H16FN3O2. The van der Waals surface area contributed by atoms with E-state index in [-0.39, 0.29) is 11.7 Å². The van der Waals surface area contributed by atoms with Crippen LogP contribution in [0.5, 0.6) is 5.75 Å². The van der Waals surface area contributed by atoms with Crippen molar-refractivity contribution >= 4 is 11.6 Å². The molecule has 106 valence electrons. The van der Waals surface area contributed by atoms with Crippen molar-refractivity contribution in [3.63, 3.8) is 0 Å². The minimum atomic E-state index is -0.509. The molecule has 0 aliphatic carbocycles. The van der Waals surface area contributed by atoms with E-state index in [1.54, 1.807) is 26.8 Å². The average Bonchev–Trinajstić information content (AvgIpc) is 2.72. The number of aromatic amines is 1. The monoisotopic (exact) mass is 277 g/mol. The van der Waals surface area contributed by atoms with E-state index >= 15 is 0 Å². The third kappa shape index (κ3) is 2.79. The lowest BCUT2D eigenvalue weighted by atomic mass is 10.2. The number of ether oxygens (including phenoxy) is 1. The van der Waals surface area contributed by atoms with E-state index in [9.17, 15) is 9.18 Å². The van der Waals surface area contributed by atoms with E-state index in [0.717, 1.165) is 0 Å². The van der Waals surface area contributed by atoms with Crippen LogP contribution in [0.3, 0.4) is 0 Å². The fourth-order valence-electron chi connectivity index (χ4n) is 1.93. The summed E-state index contributed by atoms with van der Waals surface area (Å²) in [7, 11) is 0. The first-order valence-corrected chi connectivity index (χ1v) is 6.28. The van der Waals surface area contributed by atoms with Crippen molar-refractivity contribution in [2.75, 3.05) is 11.9 Å². The van der Waals surface area contributed by atoms with Gasteiger partial charge in [-0.15, -0.1) is 0 Å². The number of amides is 1. The van der Waals surface area contributed by atoms with E-state index in [1.165, 1.54) is 12.1 Å². The van der Waals surface area contributed by atoms with Gasteiger partial charge < -0.3 is 10.1 Å². The summed E-state index contributed by atoms with van der Waals surface area (Å²) >= 11 is 0. The minimum Gasteiger partial charge on any atom is -0.491 e. The number of aryl methyl sites for hydroxylation is 2. The molecule has 1 aromatic heterocycles. The molecule has 2 aromatic rings. The third-order valence-electron chi connectivity index (χ3n) is 2.84. The standard InChI is InChI=1S/C14H16FN3O2/c1-4-20-12-6-5-10(7-11(12)15)16-14(19)13-8(2)17-18-9(13)3/h5-7H,4H2,1-3H3,(H,16,19)(H,17,18). The van der Waals surface area contributed by atoms with Gasteiger partial charge >= 0.3 is 0 Å². The second-order valence-corrected chi connectivity index (χ2v) is 4.34. The van der Waals surface area contributed by atoms with Gasteiger partial charge in [0, 0.05) is 17.4 Å². The van der Waals surface area contributed by atoms with Gasteiger partial charge in [0.25, 0.3) is 5.91 Å². The molecule has 5 nitrogen and oxygen atoms in total. The van der Waals surface area contributed by atoms with Crippen LogP contribution in [0.2, 0.25) is 0 Å². The number of rotatable bonds is 4. The van der Waals surface area contributed by atoms with Crippen molar-refractivity contribution in [1.82, 2.24) is 10.2 Å². The molecule has 1 aromatic carbocycles. The van der Waals surface area contributed by atoms with Crippen LogP contribution in [-0.4, -0.2) is 22.7 Å². The Morgan fingerprint density at radius 3 is 2.75 bits per heavy atom. The molecule has 0 saturated heterocycles. The maximum atomic E-state index is 13.7. The summed E-state index contributed by atoms with van der Waals surface area (Å²) in [4.78, 5) is 12.1. The maximum Gasteiger partial charge on any atom is 0.259 e. The number of nitrogens with one attached hydrogen (secondary N) is 2. The molecule has 1 heterocycles. The maximum absolute atomic E-state index is 13.7. The van der Waals surface area contributed by atoms with Crippen LogP contribution in [0.1, 0.15) is 28.7 Å². The van der Waals surface area contributed by atoms with Crippen LogP contribution in [-0.2, 0) is 0 Å². The number of H-pyrrole nitrogens is 1. The van der Waals surface area contributed by atoms with Crippen molar-refractivity contribution in [3.8, 4) is 5.75 Å². The van der Waals surface area contributed by atoms with Crippen molar-refractivity contribution in [2.45, 2.75) is 20.8 Å². The summed E-state index contributed by atoms with van der Waals surface area (Å²) in [5.41, 5.74) is 2.12. The van der Waals surface area contributed by atoms with E-state index in [2.05, 4.69) is 15.5 Å². The number of carbonyl (C=O) groups excluding carboxylic acids is 1. The van der Waals surface area contributed by atoms with Gasteiger partial charge in [-0.3, -0.25) is 9.89 Å². The van der Waals surface area contributed by atoms with Crippen molar-refractivity contribution in [3.05, 3.63) is 41.0 Å². The Morgan fingerprint density at radius 2 is 2.20 bits per heavy atom. The molecule has 2 N–H and O–H groups in total. The zero-order valence-corrected chi connectivity index (χ0v) is 11.6. The van der Waals surface area contributed by atoms with Crippen LogP contribution in [0.25, 0.3) is 0 Å². The van der Waals surface area contributed by atoms with E-state index in [4.69, 9.17) is 4.74 Å². The number of hydrogen-bond acceptors (Lipinski definition) is 3. The highest BCUT2D eigenvalue weighted by molar-refractivity contribution is 6.05. The number of nitrogens with zero attached hydrogens (tertiary/aromatic N) is 1. The predicted molar refractivity (Wildman–Crippen MR) is 73.6 cm³/mol. The largest absolute Gasteiger partial charge is 0.491 e. The molecule has 0 radical (unpaired) electrons. The Bertz CT molecular complexity index is 618. The molecule has 0 unspecified atom stereocenters. The summed E-state index contributed by atoms with van der Waals surface area (Å²) in [6.07, 6.45) is 0. The molecule has 0 fully saturated rings. The summed E-state index contributed by atoms with van der Waals surface area (Å²) in [5, 5.41) is 9.33. The highest BCUT2D eigenvalue weighted by Crippen LogP contribution is 2.22. The Labute approximate surface area is 116 Å². The van der Waals surface area contributed by atoms with Gasteiger partial charge in [0.2, 0.25) is 0 Å². The Kier molecular flexibility index (Phi) is 4.02. The number of aromatic nitrogens is 2. The number of hydrogen-bond donors (Lipinski definition) is 2. The summed E-state index contributed by atoms with van der Waals surface area (Å²) < 4.78 is 18.8. The first-order valence-electron chi connectivity index (χ1n) is 6.28. The molecule has 0 saturated carbocycles. The molecule has 0 spiro atoms. The van der Waals surface area contributed by atoms with Gasteiger partial charge in [-0.05, 0) is 32.9 Å². The lowest BCUT2D eigenvalue weighted by Crippen LogP contribution is -2.14. The molecule has 20 heavy (non-hydrogen) atoms. The molecular weight excluding hydrogens is 261 g/mol. The van der Waals surface area contributed by atoms with Gasteiger partial charge in [-0.2, -0.15) is 5.10 Å². The molecule has 0 atom stereocenters. The van der Waals surface area contributed by atoms with Crippen LogP contribution in [0.4, 0.5) is 10.1 Å². The third-order valence-corrected chi connectivity index (χ3v) is 2.84.